The largest absolute Gasteiger partial charge is 0.464 e. The van der Waals surface area contributed by atoms with E-state index in [2.05, 4.69) is 5.32 Å². The van der Waals surface area contributed by atoms with Crippen molar-refractivity contribution in [2.45, 2.75) is 206 Å². The Morgan fingerprint density at radius 3 is 2.27 bits per heavy atom. The van der Waals surface area contributed by atoms with E-state index in [4.69, 9.17) is 38.9 Å². The van der Waals surface area contributed by atoms with E-state index < -0.39 is 120 Å². The minimum atomic E-state index is -2.49. The van der Waals surface area contributed by atoms with Crippen molar-refractivity contribution < 1.29 is 81.7 Å². The van der Waals surface area contributed by atoms with Crippen LogP contribution in [0.1, 0.15) is 145 Å². The summed E-state index contributed by atoms with van der Waals surface area (Å²) in [5, 5.41) is 26.1. The summed E-state index contributed by atoms with van der Waals surface area (Å²) >= 11 is 0. The molecular weight excluding hydrogens is 1020 g/mol. The number of nitrogens with one attached hydrogen (secondary N) is 1. The van der Waals surface area contributed by atoms with Gasteiger partial charge in [-0.1, -0.05) is 71.1 Å². The lowest BCUT2D eigenvalue weighted by Crippen LogP contribution is -2.61. The third-order valence-corrected chi connectivity index (χ3v) is 16.3. The zero-order valence-electron chi connectivity index (χ0n) is 48.5. The van der Waals surface area contributed by atoms with Crippen LogP contribution in [0.5, 0.6) is 0 Å². The van der Waals surface area contributed by atoms with Gasteiger partial charge in [0.1, 0.15) is 42.3 Å². The van der Waals surface area contributed by atoms with Crippen molar-refractivity contribution in [2.75, 3.05) is 34.5 Å². The first-order chi connectivity index (χ1) is 37.4. The molecule has 10 unspecified atom stereocenters. The molecule has 16 atom stereocenters. The second kappa shape index (κ2) is 31.8. The van der Waals surface area contributed by atoms with Crippen molar-refractivity contribution in [2.24, 2.45) is 41.2 Å². The van der Waals surface area contributed by atoms with Crippen molar-refractivity contribution in [1.82, 2.24) is 10.2 Å². The van der Waals surface area contributed by atoms with E-state index >= 15 is 0 Å². The van der Waals surface area contributed by atoms with Gasteiger partial charge in [-0.15, -0.1) is 0 Å². The lowest BCUT2D eigenvalue weighted by atomic mass is 9.78. The molecule has 20 heteroatoms. The van der Waals surface area contributed by atoms with Crippen LogP contribution in [-0.4, -0.2) is 157 Å². The number of nitrogens with zero attached hydrogens (tertiary/aromatic N) is 1. The van der Waals surface area contributed by atoms with E-state index in [0.29, 0.717) is 63.4 Å². The fourth-order valence-electron chi connectivity index (χ4n) is 11.3. The molecule has 0 aromatic carbocycles. The van der Waals surface area contributed by atoms with Crippen LogP contribution in [-0.2, 0) is 66.7 Å². The second-order valence-electron chi connectivity index (χ2n) is 22.4. The van der Waals surface area contributed by atoms with Gasteiger partial charge in [0.05, 0.1) is 24.9 Å². The number of allylic oxidation sites excluding steroid dienone is 6. The maximum Gasteiger partial charge on any atom is 0.408 e. The fourth-order valence-corrected chi connectivity index (χ4v) is 11.3. The molecule has 4 aliphatic rings. The molecule has 0 radical (unpaired) electrons. The number of hydrogen-bond donors (Lipinski definition) is 4. The number of nitrogens with two attached hydrogens (primary N) is 1. The standard InChI is InChI=1S/C59H91N3O17/c1-12-76-56(69)43(24-26-50(60)64)61-58(71)78-46-25-22-41(31-49(46)74-10)30-37(5)48-33-45(63)36(4)29-39(7)52(66)53(75-11)51(65)38(6)28-34(2)18-14-13-15-19-35(3)47(73-9)32-42-23-21-40(8)59(72,79-42)54(67)55(68)62-27-17-16-20-44(62)57(70)77-48/h13-15,18-19,29,34,36-38,40-44,46-49,52-53,66,72H,12,16-17,20-28,30-33H2,1-11H3,(H2,60,64)(H,61,71)/b15-13+,18-14-,35-19+,39-29+/t34?,36?,37?,38-,40-,41?,42?,43?,44+,46-,47?,48?,49?,52-,53?,59-/m1/s1. The Bertz CT molecular complexity index is 2230. The van der Waals surface area contributed by atoms with Crippen molar-refractivity contribution in [3.05, 3.63) is 47.6 Å². The molecule has 0 aromatic rings. The van der Waals surface area contributed by atoms with Crippen LogP contribution in [0.4, 0.5) is 4.79 Å². The predicted octanol–water partition coefficient (Wildman–Crippen LogP) is 6.11. The smallest absolute Gasteiger partial charge is 0.408 e. The zero-order valence-corrected chi connectivity index (χ0v) is 48.5. The van der Waals surface area contributed by atoms with Crippen LogP contribution in [0.15, 0.2) is 47.6 Å². The summed E-state index contributed by atoms with van der Waals surface area (Å²) in [5.41, 5.74) is 6.48. The summed E-state index contributed by atoms with van der Waals surface area (Å²) in [4.78, 5) is 110. The van der Waals surface area contributed by atoms with Crippen LogP contribution in [0, 0.1) is 35.5 Å². The van der Waals surface area contributed by atoms with Gasteiger partial charge in [-0.25, -0.2) is 14.4 Å². The first kappa shape index (κ1) is 66.4. The van der Waals surface area contributed by atoms with Gasteiger partial charge < -0.3 is 59.3 Å². The SMILES string of the molecule is CCOC(=O)C(CCC(N)=O)NC(=O)O[C@@H]1CCC(CC(C)C2CC(=O)C(C)/C=C(\C)[C@@H](O)C(OC)C(=O)[C@H](C)CC(C)\C=C/C=C/C=C(\C)C(OC)CC3CC[C@@H](C)[C@@](O)(O3)C(=O)C(=O)N3CCCC[C@H]3C(=O)O2)CC1OC. The summed E-state index contributed by atoms with van der Waals surface area (Å²) in [5.74, 6) is -10.3. The molecule has 79 heavy (non-hydrogen) atoms. The van der Waals surface area contributed by atoms with Crippen LogP contribution < -0.4 is 11.1 Å². The predicted molar refractivity (Wildman–Crippen MR) is 291 cm³/mol. The maximum absolute atomic E-state index is 14.6. The molecule has 2 bridgehead atoms. The number of rotatable bonds is 13. The quantitative estimate of drug-likeness (QED) is 0.0700. The minimum absolute atomic E-state index is 0.0190. The van der Waals surface area contributed by atoms with Gasteiger partial charge in [0.2, 0.25) is 11.7 Å². The molecule has 444 valence electrons. The van der Waals surface area contributed by atoms with E-state index in [1.54, 1.807) is 47.8 Å². The average Bonchev–Trinajstić information content (AvgIpc) is 3.44. The van der Waals surface area contributed by atoms with Crippen LogP contribution in [0.25, 0.3) is 0 Å². The van der Waals surface area contributed by atoms with Crippen LogP contribution in [0.3, 0.4) is 0 Å². The number of carbonyl (C=O) groups is 8. The number of hydrogen-bond acceptors (Lipinski definition) is 17. The number of carbonyl (C=O) groups excluding carboxylic acids is 8. The minimum Gasteiger partial charge on any atom is -0.464 e. The molecule has 1 aliphatic carbocycles. The number of amides is 3. The number of fused-ring (bicyclic) bond motifs is 3. The molecule has 3 aliphatic heterocycles. The number of aliphatic hydroxyl groups is 2. The molecular formula is C59H91N3O17. The summed E-state index contributed by atoms with van der Waals surface area (Å²) < 4.78 is 40.6. The Morgan fingerprint density at radius 2 is 1.61 bits per heavy atom. The van der Waals surface area contributed by atoms with Crippen molar-refractivity contribution in [3.8, 4) is 0 Å². The van der Waals surface area contributed by atoms with Crippen molar-refractivity contribution >= 4 is 47.2 Å². The number of alkyl carbamates (subject to hydrolysis) is 1. The highest BCUT2D eigenvalue weighted by Crippen LogP contribution is 2.38. The number of primary amides is 1. The lowest BCUT2D eigenvalue weighted by molar-refractivity contribution is -0.265. The number of aliphatic hydroxyl groups excluding tert-OH is 1. The van der Waals surface area contributed by atoms with Gasteiger partial charge >= 0.3 is 18.0 Å². The molecule has 0 aromatic heterocycles. The van der Waals surface area contributed by atoms with E-state index in [1.807, 2.05) is 51.2 Å². The molecule has 20 nitrogen and oxygen atoms in total. The van der Waals surface area contributed by atoms with E-state index in [-0.39, 0.29) is 68.7 Å². The van der Waals surface area contributed by atoms with Gasteiger partial charge in [0, 0.05) is 64.9 Å². The van der Waals surface area contributed by atoms with Gasteiger partial charge in [-0.05, 0) is 120 Å². The Kier molecular flexibility index (Phi) is 26.7. The number of piperidine rings is 1. The van der Waals surface area contributed by atoms with Crippen molar-refractivity contribution in [1.29, 1.82) is 0 Å². The summed E-state index contributed by atoms with van der Waals surface area (Å²) in [7, 11) is 4.39. The van der Waals surface area contributed by atoms with Crippen LogP contribution in [0.2, 0.25) is 0 Å². The number of esters is 2. The number of cyclic esters (lactones) is 1. The Hall–Kier alpha value is -5.12. The van der Waals surface area contributed by atoms with E-state index in [0.717, 1.165) is 10.5 Å². The first-order valence-electron chi connectivity index (χ1n) is 28.3. The highest BCUT2D eigenvalue weighted by Gasteiger charge is 2.53. The average molecular weight is 1110 g/mol. The molecule has 2 saturated heterocycles. The molecule has 0 spiro atoms. The molecule has 3 fully saturated rings. The highest BCUT2D eigenvalue weighted by molar-refractivity contribution is 6.39. The van der Waals surface area contributed by atoms with Gasteiger partial charge in [-0.3, -0.25) is 24.0 Å². The second-order valence-corrected chi connectivity index (χ2v) is 22.4. The maximum atomic E-state index is 14.6. The normalized spacial score (nSPS) is 35.5. The van der Waals surface area contributed by atoms with Gasteiger partial charge in [0.25, 0.3) is 11.7 Å². The highest BCUT2D eigenvalue weighted by atomic mass is 16.6. The Balaban J connectivity index is 1.66. The number of Topliss-reactive ketones (excluding diaryl/α,β-unsaturated/α-hetero) is 3. The third kappa shape index (κ3) is 19.0. The van der Waals surface area contributed by atoms with Gasteiger partial charge in [0.15, 0.2) is 5.78 Å². The van der Waals surface area contributed by atoms with Gasteiger partial charge in [-0.2, -0.15) is 0 Å². The molecule has 4 rings (SSSR count). The fraction of sp³-hybridized carbons (Fsp3) is 0.729. The number of methoxy groups -OCH3 is 3. The first-order valence-corrected chi connectivity index (χ1v) is 28.3. The third-order valence-electron chi connectivity index (χ3n) is 16.3. The summed E-state index contributed by atoms with van der Waals surface area (Å²) in [6.07, 6.45) is 8.02. The lowest BCUT2D eigenvalue weighted by Gasteiger charge is -2.42. The van der Waals surface area contributed by atoms with Crippen molar-refractivity contribution in [3.63, 3.8) is 0 Å². The topological polar surface area (TPSA) is 283 Å². The molecule has 1 saturated carbocycles. The Labute approximate surface area is 466 Å². The summed E-state index contributed by atoms with van der Waals surface area (Å²) in [6, 6.07) is -2.40. The number of ether oxygens (including phenoxy) is 7. The molecule has 3 heterocycles. The van der Waals surface area contributed by atoms with E-state index in [1.165, 1.54) is 14.2 Å². The zero-order chi connectivity index (χ0) is 58.7. The summed E-state index contributed by atoms with van der Waals surface area (Å²) in [6.45, 7) is 14.1. The monoisotopic (exact) mass is 1110 g/mol. The molecule has 3 amide bonds. The molecule has 5 N–H and O–H groups in total. The Morgan fingerprint density at radius 1 is 0.886 bits per heavy atom. The van der Waals surface area contributed by atoms with Crippen LogP contribution >= 0.6 is 0 Å². The number of ketones is 3. The van der Waals surface area contributed by atoms with E-state index in [9.17, 15) is 48.6 Å².